The summed E-state index contributed by atoms with van der Waals surface area (Å²) in [7, 11) is -3.38. The first-order chi connectivity index (χ1) is 11.5. The summed E-state index contributed by atoms with van der Waals surface area (Å²) in [4.78, 5) is 14.4. The highest BCUT2D eigenvalue weighted by atomic mass is 32.2. The number of morpholine rings is 1. The maximum absolute atomic E-state index is 12.8. The lowest BCUT2D eigenvalue weighted by atomic mass is 10.1. The number of aryl methyl sites for hydroxylation is 1. The number of likely N-dealkylation sites (tertiary alicyclic amines) is 1. The van der Waals surface area contributed by atoms with Crippen LogP contribution in [-0.2, 0) is 14.8 Å². The molecule has 2 saturated heterocycles. The number of hydrogen-bond donors (Lipinski definition) is 0. The van der Waals surface area contributed by atoms with Crippen molar-refractivity contribution in [1.29, 1.82) is 0 Å². The number of carbonyl (C=O) groups excluding carboxylic acids is 1. The van der Waals surface area contributed by atoms with Crippen LogP contribution >= 0.6 is 0 Å². The average molecular weight is 352 g/mol. The van der Waals surface area contributed by atoms with Gasteiger partial charge in [0, 0.05) is 31.7 Å². The SMILES string of the molecule is Cc1cccc(C(=O)N2CCCC(S(=O)(=O)N3CCOCC3)C2)c1. The van der Waals surface area contributed by atoms with E-state index in [4.69, 9.17) is 4.74 Å². The van der Waals surface area contributed by atoms with Crippen LogP contribution in [0.4, 0.5) is 0 Å². The van der Waals surface area contributed by atoms with Crippen molar-refractivity contribution in [3.63, 3.8) is 0 Å². The van der Waals surface area contributed by atoms with Crippen LogP contribution in [-0.4, -0.2) is 68.2 Å². The molecule has 1 unspecified atom stereocenters. The van der Waals surface area contributed by atoms with Gasteiger partial charge in [0.2, 0.25) is 10.0 Å². The predicted molar refractivity (Wildman–Crippen MR) is 91.4 cm³/mol. The molecule has 1 amide bonds. The van der Waals surface area contributed by atoms with Gasteiger partial charge in [-0.25, -0.2) is 8.42 Å². The van der Waals surface area contributed by atoms with Crippen LogP contribution in [0.25, 0.3) is 0 Å². The van der Waals surface area contributed by atoms with E-state index in [-0.39, 0.29) is 12.5 Å². The molecular weight excluding hydrogens is 328 g/mol. The van der Waals surface area contributed by atoms with Crippen molar-refractivity contribution in [2.75, 3.05) is 39.4 Å². The Bertz CT molecular complexity index is 698. The van der Waals surface area contributed by atoms with Crippen molar-refractivity contribution in [3.8, 4) is 0 Å². The molecule has 2 heterocycles. The first-order valence-electron chi connectivity index (χ1n) is 8.41. The second kappa shape index (κ2) is 7.21. The van der Waals surface area contributed by atoms with Gasteiger partial charge in [-0.1, -0.05) is 17.7 Å². The summed E-state index contributed by atoms with van der Waals surface area (Å²) in [6.45, 7) is 4.53. The second-order valence-electron chi connectivity index (χ2n) is 6.44. The van der Waals surface area contributed by atoms with Crippen LogP contribution in [0.15, 0.2) is 24.3 Å². The molecule has 6 nitrogen and oxygen atoms in total. The smallest absolute Gasteiger partial charge is 0.253 e. The zero-order valence-electron chi connectivity index (χ0n) is 14.0. The summed E-state index contributed by atoms with van der Waals surface area (Å²) in [6.07, 6.45) is 1.32. The Morgan fingerprint density at radius 3 is 2.67 bits per heavy atom. The fourth-order valence-corrected chi connectivity index (χ4v) is 5.25. The summed E-state index contributed by atoms with van der Waals surface area (Å²) in [5.41, 5.74) is 1.65. The molecule has 0 aromatic heterocycles. The number of ether oxygens (including phenoxy) is 1. The molecule has 1 aromatic carbocycles. The standard InChI is InChI=1S/C17H24N2O4S/c1-14-4-2-5-15(12-14)17(20)18-7-3-6-16(13-18)24(21,22)19-8-10-23-11-9-19/h2,4-5,12,16H,3,6-11,13H2,1H3. The van der Waals surface area contributed by atoms with Gasteiger partial charge >= 0.3 is 0 Å². The molecular formula is C17H24N2O4S. The molecule has 0 N–H and O–H groups in total. The van der Waals surface area contributed by atoms with Crippen LogP contribution in [0, 0.1) is 6.92 Å². The van der Waals surface area contributed by atoms with Crippen LogP contribution in [0.5, 0.6) is 0 Å². The molecule has 0 spiro atoms. The van der Waals surface area contributed by atoms with Gasteiger partial charge in [0.05, 0.1) is 18.5 Å². The maximum atomic E-state index is 12.8. The van der Waals surface area contributed by atoms with Crippen LogP contribution in [0.1, 0.15) is 28.8 Å². The van der Waals surface area contributed by atoms with Crippen LogP contribution in [0.3, 0.4) is 0 Å². The molecule has 2 fully saturated rings. The molecule has 7 heteroatoms. The van der Waals surface area contributed by atoms with Crippen molar-refractivity contribution >= 4 is 15.9 Å². The highest BCUT2D eigenvalue weighted by Crippen LogP contribution is 2.22. The van der Waals surface area contributed by atoms with E-state index in [2.05, 4.69) is 0 Å². The van der Waals surface area contributed by atoms with Crippen molar-refractivity contribution < 1.29 is 17.9 Å². The molecule has 0 aliphatic carbocycles. The highest BCUT2D eigenvalue weighted by molar-refractivity contribution is 7.89. The second-order valence-corrected chi connectivity index (χ2v) is 8.65. The van der Waals surface area contributed by atoms with Gasteiger partial charge < -0.3 is 9.64 Å². The molecule has 24 heavy (non-hydrogen) atoms. The minimum absolute atomic E-state index is 0.0828. The van der Waals surface area contributed by atoms with Crippen LogP contribution < -0.4 is 0 Å². The largest absolute Gasteiger partial charge is 0.379 e. The predicted octanol–water partition coefficient (Wildman–Crippen LogP) is 1.26. The van der Waals surface area contributed by atoms with Gasteiger partial charge in [-0.2, -0.15) is 4.31 Å². The first-order valence-corrected chi connectivity index (χ1v) is 9.91. The van der Waals surface area contributed by atoms with Gasteiger partial charge in [-0.15, -0.1) is 0 Å². The maximum Gasteiger partial charge on any atom is 0.253 e. The third-order valence-corrected chi connectivity index (χ3v) is 6.99. The van der Waals surface area contributed by atoms with E-state index in [0.717, 1.165) is 5.56 Å². The molecule has 0 bridgehead atoms. The van der Waals surface area contributed by atoms with Crippen LogP contribution in [0.2, 0.25) is 0 Å². The Balaban J connectivity index is 1.73. The molecule has 1 aromatic rings. The fraction of sp³-hybridized carbons (Fsp3) is 0.588. The van der Waals surface area contributed by atoms with Crippen molar-refractivity contribution in [2.45, 2.75) is 25.0 Å². The molecule has 2 aliphatic heterocycles. The number of nitrogens with zero attached hydrogens (tertiary/aromatic N) is 2. The highest BCUT2D eigenvalue weighted by Gasteiger charge is 2.37. The number of sulfonamides is 1. The molecule has 0 radical (unpaired) electrons. The van der Waals surface area contributed by atoms with Gasteiger partial charge in [0.1, 0.15) is 0 Å². The van der Waals surface area contributed by atoms with E-state index in [1.807, 2.05) is 25.1 Å². The van der Waals surface area contributed by atoms with Gasteiger partial charge in [0.15, 0.2) is 0 Å². The Labute approximate surface area is 143 Å². The number of rotatable bonds is 3. The summed E-state index contributed by atoms with van der Waals surface area (Å²) in [6, 6.07) is 7.44. The average Bonchev–Trinajstić information content (AvgIpc) is 2.62. The summed E-state index contributed by atoms with van der Waals surface area (Å²) < 4.78 is 32.4. The molecule has 2 aliphatic rings. The Morgan fingerprint density at radius 2 is 1.96 bits per heavy atom. The van der Waals surface area contributed by atoms with E-state index < -0.39 is 15.3 Å². The Hall–Kier alpha value is -1.44. The zero-order valence-corrected chi connectivity index (χ0v) is 14.8. The summed E-state index contributed by atoms with van der Waals surface area (Å²) >= 11 is 0. The van der Waals surface area contributed by atoms with Gasteiger partial charge in [0.25, 0.3) is 5.91 Å². The quantitative estimate of drug-likeness (QED) is 0.821. The monoisotopic (exact) mass is 352 g/mol. The van der Waals surface area contributed by atoms with E-state index in [9.17, 15) is 13.2 Å². The van der Waals surface area contributed by atoms with Gasteiger partial charge in [-0.3, -0.25) is 4.79 Å². The lowest BCUT2D eigenvalue weighted by molar-refractivity contribution is 0.0686. The Kier molecular flexibility index (Phi) is 5.22. The minimum atomic E-state index is -3.38. The molecule has 0 saturated carbocycles. The van der Waals surface area contributed by atoms with Crippen molar-refractivity contribution in [1.82, 2.24) is 9.21 Å². The normalized spacial score (nSPS) is 23.2. The van der Waals surface area contributed by atoms with E-state index in [1.165, 1.54) is 4.31 Å². The number of amides is 1. The number of carbonyl (C=O) groups is 1. The third-order valence-electron chi connectivity index (χ3n) is 4.68. The number of benzene rings is 1. The van der Waals surface area contributed by atoms with Crippen molar-refractivity contribution in [3.05, 3.63) is 35.4 Å². The summed E-state index contributed by atoms with van der Waals surface area (Å²) in [5.74, 6) is -0.0828. The lowest BCUT2D eigenvalue weighted by Crippen LogP contribution is -2.51. The zero-order chi connectivity index (χ0) is 17.2. The third kappa shape index (κ3) is 3.63. The molecule has 3 rings (SSSR count). The fourth-order valence-electron chi connectivity index (χ4n) is 3.34. The van der Waals surface area contributed by atoms with Gasteiger partial charge in [-0.05, 0) is 31.9 Å². The molecule has 1 atom stereocenters. The summed E-state index contributed by atoms with van der Waals surface area (Å²) in [5, 5.41) is -0.516. The number of piperidine rings is 1. The van der Waals surface area contributed by atoms with E-state index >= 15 is 0 Å². The topological polar surface area (TPSA) is 66.9 Å². The molecule has 132 valence electrons. The lowest BCUT2D eigenvalue weighted by Gasteiger charge is -2.36. The minimum Gasteiger partial charge on any atom is -0.379 e. The van der Waals surface area contributed by atoms with E-state index in [1.54, 1.807) is 11.0 Å². The van der Waals surface area contributed by atoms with Crippen molar-refractivity contribution in [2.24, 2.45) is 0 Å². The number of hydrogen-bond acceptors (Lipinski definition) is 4. The Morgan fingerprint density at radius 1 is 1.21 bits per heavy atom. The van der Waals surface area contributed by atoms with E-state index in [0.29, 0.717) is 51.3 Å². The first kappa shape index (κ1) is 17.4.